The van der Waals surface area contributed by atoms with E-state index in [0.29, 0.717) is 12.2 Å². The Labute approximate surface area is 138 Å². The largest absolute Gasteiger partial charge is 0.399 e. The number of hydrogen-bond donors (Lipinski definition) is 2. The number of benzene rings is 2. The van der Waals surface area contributed by atoms with E-state index in [9.17, 15) is 4.79 Å². The molecule has 0 saturated heterocycles. The molecule has 0 radical (unpaired) electrons. The predicted octanol–water partition coefficient (Wildman–Crippen LogP) is 2.93. The maximum Gasteiger partial charge on any atom is 0.230 e. The molecule has 2 aromatic carbocycles. The van der Waals surface area contributed by atoms with Gasteiger partial charge in [-0.25, -0.2) is 0 Å². The van der Waals surface area contributed by atoms with E-state index in [0.717, 1.165) is 16.8 Å². The number of nitrogen functional groups attached to an aromatic ring is 1. The van der Waals surface area contributed by atoms with E-state index >= 15 is 0 Å². The van der Waals surface area contributed by atoms with Crippen LogP contribution >= 0.6 is 0 Å². The van der Waals surface area contributed by atoms with Gasteiger partial charge in [0.15, 0.2) is 0 Å². The van der Waals surface area contributed by atoms with Crippen LogP contribution in [-0.2, 0) is 16.8 Å². The van der Waals surface area contributed by atoms with E-state index in [2.05, 4.69) is 5.32 Å². The van der Waals surface area contributed by atoms with Crippen LogP contribution in [0.25, 0.3) is 0 Å². The van der Waals surface area contributed by atoms with Gasteiger partial charge in [-0.3, -0.25) is 4.79 Å². The van der Waals surface area contributed by atoms with Gasteiger partial charge < -0.3 is 16.0 Å². The fourth-order valence-corrected chi connectivity index (χ4v) is 2.35. The molecule has 0 spiro atoms. The highest BCUT2D eigenvalue weighted by atomic mass is 16.2. The van der Waals surface area contributed by atoms with Crippen molar-refractivity contribution in [1.29, 1.82) is 0 Å². The third-order valence-corrected chi connectivity index (χ3v) is 4.11. The molecule has 0 fully saturated rings. The zero-order valence-corrected chi connectivity index (χ0v) is 14.3. The predicted molar refractivity (Wildman–Crippen MR) is 96.5 cm³/mol. The van der Waals surface area contributed by atoms with Gasteiger partial charge in [-0.2, -0.15) is 0 Å². The Morgan fingerprint density at radius 3 is 2.13 bits per heavy atom. The second-order valence-corrected chi connectivity index (χ2v) is 6.49. The van der Waals surface area contributed by atoms with Crippen molar-refractivity contribution < 1.29 is 4.79 Å². The van der Waals surface area contributed by atoms with Gasteiger partial charge in [0, 0.05) is 32.0 Å². The molecule has 4 heteroatoms. The summed E-state index contributed by atoms with van der Waals surface area (Å²) in [6.45, 7) is 4.36. The van der Waals surface area contributed by atoms with Gasteiger partial charge in [0.05, 0.1) is 5.41 Å². The smallest absolute Gasteiger partial charge is 0.230 e. The van der Waals surface area contributed by atoms with Crippen molar-refractivity contribution in [1.82, 2.24) is 5.32 Å². The van der Waals surface area contributed by atoms with E-state index in [1.807, 2.05) is 81.4 Å². The van der Waals surface area contributed by atoms with E-state index in [-0.39, 0.29) is 5.91 Å². The molecule has 0 aliphatic carbocycles. The van der Waals surface area contributed by atoms with E-state index in [1.165, 1.54) is 0 Å². The van der Waals surface area contributed by atoms with Crippen molar-refractivity contribution >= 4 is 17.3 Å². The SMILES string of the molecule is CN(C)c1ccc(CNC(=O)C(C)(C)c2ccc(N)cc2)cc1. The molecule has 0 aromatic heterocycles. The number of nitrogens with zero attached hydrogens (tertiary/aromatic N) is 1. The van der Waals surface area contributed by atoms with Gasteiger partial charge in [-0.15, -0.1) is 0 Å². The normalized spacial score (nSPS) is 11.1. The van der Waals surface area contributed by atoms with E-state index in [1.54, 1.807) is 0 Å². The minimum atomic E-state index is -0.600. The lowest BCUT2D eigenvalue weighted by molar-refractivity contribution is -0.125. The first kappa shape index (κ1) is 16.9. The van der Waals surface area contributed by atoms with Gasteiger partial charge in [0.1, 0.15) is 0 Å². The van der Waals surface area contributed by atoms with Gasteiger partial charge >= 0.3 is 0 Å². The van der Waals surface area contributed by atoms with Crippen LogP contribution in [0.1, 0.15) is 25.0 Å². The van der Waals surface area contributed by atoms with Crippen molar-refractivity contribution in [3.05, 3.63) is 59.7 Å². The maximum absolute atomic E-state index is 12.5. The second kappa shape index (κ2) is 6.73. The first-order valence-electron chi connectivity index (χ1n) is 7.71. The number of rotatable bonds is 5. The quantitative estimate of drug-likeness (QED) is 0.835. The lowest BCUT2D eigenvalue weighted by Gasteiger charge is -2.24. The Morgan fingerprint density at radius 1 is 1.04 bits per heavy atom. The molecular weight excluding hydrogens is 286 g/mol. The topological polar surface area (TPSA) is 58.4 Å². The third kappa shape index (κ3) is 4.03. The Kier molecular flexibility index (Phi) is 4.94. The van der Waals surface area contributed by atoms with E-state index < -0.39 is 5.41 Å². The zero-order chi connectivity index (χ0) is 17.0. The highest BCUT2D eigenvalue weighted by Gasteiger charge is 2.29. The molecular formula is C19H25N3O. The van der Waals surface area contributed by atoms with Crippen LogP contribution in [0.2, 0.25) is 0 Å². The summed E-state index contributed by atoms with van der Waals surface area (Å²) in [6.07, 6.45) is 0. The molecule has 0 bridgehead atoms. The fraction of sp³-hybridized carbons (Fsp3) is 0.316. The lowest BCUT2D eigenvalue weighted by atomic mass is 9.83. The summed E-state index contributed by atoms with van der Waals surface area (Å²) in [5, 5.41) is 3.02. The Bertz CT molecular complexity index is 658. The Balaban J connectivity index is 2.02. The third-order valence-electron chi connectivity index (χ3n) is 4.11. The van der Waals surface area contributed by atoms with Crippen LogP contribution in [0.15, 0.2) is 48.5 Å². The molecule has 0 atom stereocenters. The molecule has 122 valence electrons. The zero-order valence-electron chi connectivity index (χ0n) is 14.3. The molecule has 0 saturated carbocycles. The molecule has 1 amide bonds. The average Bonchev–Trinajstić information content (AvgIpc) is 2.53. The second-order valence-electron chi connectivity index (χ2n) is 6.49. The molecule has 3 N–H and O–H groups in total. The summed E-state index contributed by atoms with van der Waals surface area (Å²) in [5.41, 5.74) is 8.98. The number of amides is 1. The number of hydrogen-bond acceptors (Lipinski definition) is 3. The first-order chi connectivity index (χ1) is 10.8. The summed E-state index contributed by atoms with van der Waals surface area (Å²) >= 11 is 0. The average molecular weight is 311 g/mol. The summed E-state index contributed by atoms with van der Waals surface area (Å²) in [6, 6.07) is 15.6. The lowest BCUT2D eigenvalue weighted by Crippen LogP contribution is -2.39. The summed E-state index contributed by atoms with van der Waals surface area (Å²) < 4.78 is 0. The van der Waals surface area contributed by atoms with Crippen molar-refractivity contribution in [2.75, 3.05) is 24.7 Å². The highest BCUT2D eigenvalue weighted by Crippen LogP contribution is 2.24. The molecule has 2 aromatic rings. The van der Waals surface area contributed by atoms with Crippen LogP contribution in [0.3, 0.4) is 0 Å². The summed E-state index contributed by atoms with van der Waals surface area (Å²) in [7, 11) is 4.01. The van der Waals surface area contributed by atoms with Crippen LogP contribution < -0.4 is 16.0 Å². The molecule has 0 unspecified atom stereocenters. The van der Waals surface area contributed by atoms with Crippen LogP contribution in [0.4, 0.5) is 11.4 Å². The Morgan fingerprint density at radius 2 is 1.61 bits per heavy atom. The fourth-order valence-electron chi connectivity index (χ4n) is 2.35. The molecule has 23 heavy (non-hydrogen) atoms. The van der Waals surface area contributed by atoms with Gasteiger partial charge in [0.2, 0.25) is 5.91 Å². The summed E-state index contributed by atoms with van der Waals surface area (Å²) in [5.74, 6) is -0.000965. The van der Waals surface area contributed by atoms with Crippen molar-refractivity contribution in [2.45, 2.75) is 25.8 Å². The van der Waals surface area contributed by atoms with Crippen molar-refractivity contribution in [2.24, 2.45) is 0 Å². The molecule has 0 heterocycles. The van der Waals surface area contributed by atoms with Crippen LogP contribution in [-0.4, -0.2) is 20.0 Å². The van der Waals surface area contributed by atoms with Gasteiger partial charge in [-0.1, -0.05) is 24.3 Å². The van der Waals surface area contributed by atoms with Crippen molar-refractivity contribution in [3.63, 3.8) is 0 Å². The minimum Gasteiger partial charge on any atom is -0.399 e. The van der Waals surface area contributed by atoms with Crippen LogP contribution in [0, 0.1) is 0 Å². The monoisotopic (exact) mass is 311 g/mol. The number of nitrogens with two attached hydrogens (primary N) is 1. The Hall–Kier alpha value is -2.49. The number of anilines is 2. The van der Waals surface area contributed by atoms with Crippen molar-refractivity contribution in [3.8, 4) is 0 Å². The molecule has 2 rings (SSSR count). The maximum atomic E-state index is 12.5. The first-order valence-corrected chi connectivity index (χ1v) is 7.71. The number of nitrogens with one attached hydrogen (secondary N) is 1. The standard InChI is InChI=1S/C19H25N3O/c1-19(2,15-7-9-16(20)10-8-15)18(23)21-13-14-5-11-17(12-6-14)22(3)4/h5-12H,13,20H2,1-4H3,(H,21,23). The van der Waals surface area contributed by atoms with E-state index in [4.69, 9.17) is 5.73 Å². The molecule has 0 aliphatic rings. The molecule has 4 nitrogen and oxygen atoms in total. The minimum absolute atomic E-state index is 0.000965. The van der Waals surface area contributed by atoms with Gasteiger partial charge in [-0.05, 0) is 49.2 Å². The highest BCUT2D eigenvalue weighted by molar-refractivity contribution is 5.87. The number of carbonyl (C=O) groups is 1. The number of carbonyl (C=O) groups excluding carboxylic acids is 1. The molecule has 0 aliphatic heterocycles. The summed E-state index contributed by atoms with van der Waals surface area (Å²) in [4.78, 5) is 14.6. The van der Waals surface area contributed by atoms with Gasteiger partial charge in [0.25, 0.3) is 0 Å². The van der Waals surface area contributed by atoms with Crippen LogP contribution in [0.5, 0.6) is 0 Å².